The third kappa shape index (κ3) is 10.7. The molecule has 6 nitrogen and oxygen atoms in total. The van der Waals surface area contributed by atoms with Crippen LogP contribution in [0.3, 0.4) is 0 Å². The molecule has 0 aliphatic heterocycles. The Morgan fingerprint density at radius 2 is 1.54 bits per heavy atom. The van der Waals surface area contributed by atoms with E-state index in [0.717, 1.165) is 0 Å². The van der Waals surface area contributed by atoms with Gasteiger partial charge in [-0.25, -0.2) is 8.42 Å². The Morgan fingerprint density at radius 1 is 1.15 bits per heavy atom. The van der Waals surface area contributed by atoms with E-state index in [1.165, 1.54) is 4.90 Å². The maximum atomic E-state index is 10.2. The second-order valence-corrected chi connectivity index (χ2v) is 3.63. The second kappa shape index (κ2) is 8.13. The Hall–Kier alpha value is 0.790. The van der Waals surface area contributed by atoms with E-state index >= 15 is 0 Å². The normalized spacial score (nSPS) is 11.4. The number of rotatable bonds is 6. The van der Waals surface area contributed by atoms with Gasteiger partial charge in [0.1, 0.15) is 10.1 Å². The molecule has 0 aromatic rings. The number of aliphatic hydroxyl groups is 2. The maximum Gasteiger partial charge on any atom is 1.00 e. The monoisotopic (exact) mass is 221 g/mol. The summed E-state index contributed by atoms with van der Waals surface area (Å²) in [6, 6.07) is 0. The molecule has 2 N–H and O–H groups in total. The Morgan fingerprint density at radius 3 is 1.77 bits per heavy atom. The van der Waals surface area contributed by atoms with Crippen molar-refractivity contribution in [3.8, 4) is 0 Å². The van der Waals surface area contributed by atoms with Gasteiger partial charge < -0.3 is 14.8 Å². The summed E-state index contributed by atoms with van der Waals surface area (Å²) in [5.74, 6) is -0.672. The van der Waals surface area contributed by atoms with Crippen molar-refractivity contribution in [3.63, 3.8) is 0 Å². The first-order chi connectivity index (χ1) is 5.49. The van der Waals surface area contributed by atoms with Crippen LogP contribution < -0.4 is 29.6 Å². The van der Waals surface area contributed by atoms with Gasteiger partial charge in [0.05, 0.1) is 19.1 Å². The molecule has 0 aliphatic carbocycles. The van der Waals surface area contributed by atoms with E-state index in [2.05, 4.69) is 0 Å². The molecular formula is C5H12NNaO5S. The van der Waals surface area contributed by atoms with Crippen molar-refractivity contribution in [1.82, 2.24) is 4.90 Å². The van der Waals surface area contributed by atoms with Crippen molar-refractivity contribution in [2.45, 2.75) is 0 Å². The van der Waals surface area contributed by atoms with Crippen molar-refractivity contribution >= 4 is 10.1 Å². The molecular weight excluding hydrogens is 209 g/mol. The van der Waals surface area contributed by atoms with Crippen molar-refractivity contribution < 1.29 is 52.7 Å². The summed E-state index contributed by atoms with van der Waals surface area (Å²) < 4.78 is 30.7. The molecule has 0 spiro atoms. The molecule has 0 heterocycles. The van der Waals surface area contributed by atoms with E-state index in [9.17, 15) is 13.0 Å². The van der Waals surface area contributed by atoms with Gasteiger partial charge in [-0.3, -0.25) is 4.90 Å². The van der Waals surface area contributed by atoms with Crippen LogP contribution in [0.15, 0.2) is 0 Å². The van der Waals surface area contributed by atoms with Crippen molar-refractivity contribution in [1.29, 1.82) is 0 Å². The first-order valence-electron chi connectivity index (χ1n) is 3.37. The van der Waals surface area contributed by atoms with E-state index < -0.39 is 16.0 Å². The average molecular weight is 221 g/mol. The topological polar surface area (TPSA) is 101 Å². The summed E-state index contributed by atoms with van der Waals surface area (Å²) in [5.41, 5.74) is 0. The van der Waals surface area contributed by atoms with Gasteiger partial charge in [0.15, 0.2) is 0 Å². The van der Waals surface area contributed by atoms with Crippen LogP contribution in [0, 0.1) is 0 Å². The van der Waals surface area contributed by atoms with E-state index in [-0.39, 0.29) is 55.9 Å². The SMILES string of the molecule is O=S(=O)([O-])CN(CCO)CCO.[Na+]. The fourth-order valence-electron chi connectivity index (χ4n) is 0.747. The van der Waals surface area contributed by atoms with Crippen LogP contribution in [0.2, 0.25) is 0 Å². The molecule has 0 aliphatic rings. The average Bonchev–Trinajstić information content (AvgIpc) is 1.84. The van der Waals surface area contributed by atoms with Crippen LogP contribution in [-0.4, -0.2) is 60.3 Å². The molecule has 0 rings (SSSR count). The quantitative estimate of drug-likeness (QED) is 0.343. The van der Waals surface area contributed by atoms with Gasteiger partial charge in [0.2, 0.25) is 0 Å². The van der Waals surface area contributed by atoms with E-state index in [4.69, 9.17) is 10.2 Å². The zero-order valence-electron chi connectivity index (χ0n) is 7.51. The smallest absolute Gasteiger partial charge is 0.747 e. The largest absolute Gasteiger partial charge is 1.00 e. The summed E-state index contributed by atoms with van der Waals surface area (Å²) in [5, 5.41) is 16.9. The van der Waals surface area contributed by atoms with Crippen LogP contribution in [0.1, 0.15) is 0 Å². The van der Waals surface area contributed by atoms with Gasteiger partial charge in [-0.2, -0.15) is 0 Å². The van der Waals surface area contributed by atoms with Crippen molar-refractivity contribution in [3.05, 3.63) is 0 Å². The van der Waals surface area contributed by atoms with Crippen LogP contribution in [0.4, 0.5) is 0 Å². The molecule has 0 saturated carbocycles. The maximum absolute atomic E-state index is 10.2. The van der Waals surface area contributed by atoms with E-state index in [1.54, 1.807) is 0 Å². The number of hydrogen-bond acceptors (Lipinski definition) is 6. The van der Waals surface area contributed by atoms with Gasteiger partial charge >= 0.3 is 29.6 Å². The molecule has 8 heteroatoms. The first kappa shape index (κ1) is 16.2. The minimum atomic E-state index is -4.31. The summed E-state index contributed by atoms with van der Waals surface area (Å²) in [6.45, 7) is -0.338. The standard InChI is InChI=1S/C5H13NO5S.Na/c7-3-1-6(2-4-8)5-12(9,10)11;/h7-8H,1-5H2,(H,9,10,11);/q;+1/p-1. The van der Waals surface area contributed by atoms with Crippen LogP contribution in [-0.2, 0) is 10.1 Å². The third-order valence-electron chi connectivity index (χ3n) is 1.17. The van der Waals surface area contributed by atoms with Crippen LogP contribution in [0.5, 0.6) is 0 Å². The third-order valence-corrected chi connectivity index (χ3v) is 1.85. The summed E-state index contributed by atoms with van der Waals surface area (Å²) in [4.78, 5) is 1.17. The van der Waals surface area contributed by atoms with Gasteiger partial charge in [-0.05, 0) is 0 Å². The Balaban J connectivity index is 0. The molecule has 0 radical (unpaired) electrons. The number of aliphatic hydroxyl groups excluding tert-OH is 2. The van der Waals surface area contributed by atoms with Gasteiger partial charge in [0, 0.05) is 13.1 Å². The van der Waals surface area contributed by atoms with E-state index in [1.807, 2.05) is 0 Å². The van der Waals surface area contributed by atoms with Crippen LogP contribution in [0.25, 0.3) is 0 Å². The molecule has 0 saturated heterocycles. The molecule has 13 heavy (non-hydrogen) atoms. The molecule has 0 aromatic heterocycles. The van der Waals surface area contributed by atoms with Crippen LogP contribution >= 0.6 is 0 Å². The molecule has 0 aromatic carbocycles. The van der Waals surface area contributed by atoms with Gasteiger partial charge in [0.25, 0.3) is 0 Å². The Kier molecular flexibility index (Phi) is 10.1. The first-order valence-corrected chi connectivity index (χ1v) is 4.95. The second-order valence-electron chi connectivity index (χ2n) is 2.25. The Bertz CT molecular complexity index is 201. The number of nitrogens with zero attached hydrogens (tertiary/aromatic N) is 1. The molecule has 0 bridgehead atoms. The predicted molar refractivity (Wildman–Crippen MR) is 40.3 cm³/mol. The minimum Gasteiger partial charge on any atom is -0.747 e. The zero-order chi connectivity index (χ0) is 9.61. The molecule has 0 unspecified atom stereocenters. The van der Waals surface area contributed by atoms with E-state index in [0.29, 0.717) is 0 Å². The molecule has 74 valence electrons. The minimum absolute atomic E-state index is 0. The Labute approximate surface area is 99.6 Å². The fourth-order valence-corrected chi connectivity index (χ4v) is 1.45. The summed E-state index contributed by atoms with van der Waals surface area (Å²) in [6.07, 6.45) is 0. The fraction of sp³-hybridized carbons (Fsp3) is 1.00. The summed E-state index contributed by atoms with van der Waals surface area (Å²) >= 11 is 0. The predicted octanol–water partition coefficient (Wildman–Crippen LogP) is -5.22. The summed E-state index contributed by atoms with van der Waals surface area (Å²) in [7, 11) is -4.31. The molecule has 0 atom stereocenters. The molecule has 0 amide bonds. The van der Waals surface area contributed by atoms with Gasteiger partial charge in [-0.1, -0.05) is 0 Å². The molecule has 0 fully saturated rings. The van der Waals surface area contributed by atoms with Gasteiger partial charge in [-0.15, -0.1) is 0 Å². The number of hydrogen-bond donors (Lipinski definition) is 2. The van der Waals surface area contributed by atoms with Crippen molar-refractivity contribution in [2.75, 3.05) is 32.2 Å². The van der Waals surface area contributed by atoms with Crippen molar-refractivity contribution in [2.24, 2.45) is 0 Å². The zero-order valence-corrected chi connectivity index (χ0v) is 10.3.